The second kappa shape index (κ2) is 6.11. The maximum absolute atomic E-state index is 11.8. The Morgan fingerprint density at radius 3 is 2.61 bits per heavy atom. The van der Waals surface area contributed by atoms with Crippen LogP contribution in [-0.2, 0) is 9.53 Å². The highest BCUT2D eigenvalue weighted by Gasteiger charge is 2.23. The Bertz CT molecular complexity index is 438. The Balaban J connectivity index is 1.97. The number of carbonyl (C=O) groups excluding carboxylic acids is 2. The maximum Gasteiger partial charge on any atom is 0.253 e. The van der Waals surface area contributed by atoms with Crippen molar-refractivity contribution in [3.63, 3.8) is 0 Å². The lowest BCUT2D eigenvalue weighted by Crippen LogP contribution is -2.26. The molecule has 1 aliphatic rings. The molecule has 96 valence electrons. The van der Waals surface area contributed by atoms with Crippen LogP contribution in [0.15, 0.2) is 24.3 Å². The first-order valence-electron chi connectivity index (χ1n) is 5.82. The number of halogens is 1. The van der Waals surface area contributed by atoms with Crippen molar-refractivity contribution in [2.75, 3.05) is 17.3 Å². The lowest BCUT2D eigenvalue weighted by atomic mass is 10.1. The van der Waals surface area contributed by atoms with Gasteiger partial charge in [0.15, 0.2) is 5.78 Å². The second-order valence-corrected chi connectivity index (χ2v) is 4.69. The van der Waals surface area contributed by atoms with Crippen molar-refractivity contribution >= 4 is 33.3 Å². The normalized spacial score (nSPS) is 18.6. The number of ketones is 1. The molecular formula is C13H14BrNO3. The highest BCUT2D eigenvalue weighted by atomic mass is 79.9. The Morgan fingerprint density at radius 2 is 2.06 bits per heavy atom. The van der Waals surface area contributed by atoms with E-state index in [9.17, 15) is 9.59 Å². The fourth-order valence-corrected chi connectivity index (χ4v) is 2.15. The first-order chi connectivity index (χ1) is 8.70. The number of carbonyl (C=O) groups is 2. The van der Waals surface area contributed by atoms with Gasteiger partial charge in [-0.2, -0.15) is 0 Å². The molecule has 4 nitrogen and oxygen atoms in total. The number of Topliss-reactive ketones (excluding diaryl/α,β-unsaturated/α-hetero) is 1. The maximum atomic E-state index is 11.8. The molecule has 1 aromatic rings. The van der Waals surface area contributed by atoms with Crippen LogP contribution in [0.5, 0.6) is 0 Å². The monoisotopic (exact) mass is 311 g/mol. The average Bonchev–Trinajstić information content (AvgIpc) is 2.92. The molecular weight excluding hydrogens is 298 g/mol. The van der Waals surface area contributed by atoms with Gasteiger partial charge in [0.2, 0.25) is 0 Å². The summed E-state index contributed by atoms with van der Waals surface area (Å²) in [7, 11) is 0. The van der Waals surface area contributed by atoms with Gasteiger partial charge in [-0.15, -0.1) is 0 Å². The number of amides is 1. The van der Waals surface area contributed by atoms with Crippen molar-refractivity contribution in [1.29, 1.82) is 0 Å². The first-order valence-corrected chi connectivity index (χ1v) is 6.94. The average molecular weight is 312 g/mol. The van der Waals surface area contributed by atoms with Crippen molar-refractivity contribution in [1.82, 2.24) is 0 Å². The van der Waals surface area contributed by atoms with E-state index in [4.69, 9.17) is 4.74 Å². The molecule has 1 aliphatic heterocycles. The van der Waals surface area contributed by atoms with E-state index in [0.717, 1.165) is 12.8 Å². The summed E-state index contributed by atoms with van der Waals surface area (Å²) in [5.74, 6) is -0.0981. The number of benzene rings is 1. The van der Waals surface area contributed by atoms with Gasteiger partial charge in [-0.3, -0.25) is 9.59 Å². The lowest BCUT2D eigenvalue weighted by molar-refractivity contribution is -0.124. The molecule has 0 aromatic heterocycles. The fourth-order valence-electron chi connectivity index (χ4n) is 1.82. The zero-order valence-electron chi connectivity index (χ0n) is 9.82. The molecule has 5 heteroatoms. The van der Waals surface area contributed by atoms with Crippen LogP contribution in [0.3, 0.4) is 0 Å². The SMILES string of the molecule is O=C(CBr)c1ccc(NC(=O)C2CCCO2)cc1. The molecule has 1 unspecified atom stereocenters. The van der Waals surface area contributed by atoms with Crippen molar-refractivity contribution in [2.24, 2.45) is 0 Å². The highest BCUT2D eigenvalue weighted by Crippen LogP contribution is 2.16. The van der Waals surface area contributed by atoms with Crippen LogP contribution in [0, 0.1) is 0 Å². The third-order valence-electron chi connectivity index (χ3n) is 2.82. The number of rotatable bonds is 4. The van der Waals surface area contributed by atoms with Crippen LogP contribution < -0.4 is 5.32 Å². The standard InChI is InChI=1S/C13H14BrNO3/c14-8-11(16)9-3-5-10(6-4-9)15-13(17)12-2-1-7-18-12/h3-6,12H,1-2,7-8H2,(H,15,17). The van der Waals surface area contributed by atoms with E-state index < -0.39 is 0 Å². The Morgan fingerprint density at radius 1 is 1.33 bits per heavy atom. The Hall–Kier alpha value is -1.20. The van der Waals surface area contributed by atoms with E-state index in [1.165, 1.54) is 0 Å². The van der Waals surface area contributed by atoms with Gasteiger partial charge in [-0.05, 0) is 37.1 Å². The van der Waals surface area contributed by atoms with Crippen molar-refractivity contribution in [3.8, 4) is 0 Å². The fraction of sp³-hybridized carbons (Fsp3) is 0.385. The number of hydrogen-bond donors (Lipinski definition) is 1. The Labute approximate surface area is 114 Å². The van der Waals surface area contributed by atoms with Gasteiger partial charge in [-0.25, -0.2) is 0 Å². The van der Waals surface area contributed by atoms with Gasteiger partial charge in [0.05, 0.1) is 5.33 Å². The molecule has 2 rings (SSSR count). The van der Waals surface area contributed by atoms with E-state index in [1.54, 1.807) is 24.3 Å². The van der Waals surface area contributed by atoms with Crippen LogP contribution in [0.4, 0.5) is 5.69 Å². The summed E-state index contributed by atoms with van der Waals surface area (Å²) in [5.41, 5.74) is 1.31. The predicted molar refractivity (Wildman–Crippen MR) is 72.2 cm³/mol. The van der Waals surface area contributed by atoms with E-state index in [2.05, 4.69) is 21.2 Å². The molecule has 18 heavy (non-hydrogen) atoms. The van der Waals surface area contributed by atoms with E-state index in [0.29, 0.717) is 23.2 Å². The van der Waals surface area contributed by atoms with Crippen LogP contribution >= 0.6 is 15.9 Å². The zero-order chi connectivity index (χ0) is 13.0. The molecule has 0 spiro atoms. The molecule has 1 saturated heterocycles. The number of alkyl halides is 1. The van der Waals surface area contributed by atoms with E-state index in [1.807, 2.05) is 0 Å². The minimum absolute atomic E-state index is 0.0204. The lowest BCUT2D eigenvalue weighted by Gasteiger charge is -2.10. The number of hydrogen-bond acceptors (Lipinski definition) is 3. The smallest absolute Gasteiger partial charge is 0.253 e. The van der Waals surface area contributed by atoms with Crippen LogP contribution in [0.1, 0.15) is 23.2 Å². The molecule has 1 aromatic carbocycles. The number of anilines is 1. The van der Waals surface area contributed by atoms with Gasteiger partial charge in [-0.1, -0.05) is 15.9 Å². The summed E-state index contributed by atoms with van der Waals surface area (Å²) in [6.07, 6.45) is 1.36. The number of nitrogens with one attached hydrogen (secondary N) is 1. The van der Waals surface area contributed by atoms with E-state index >= 15 is 0 Å². The van der Waals surface area contributed by atoms with Crippen LogP contribution in [0.2, 0.25) is 0 Å². The molecule has 1 heterocycles. The largest absolute Gasteiger partial charge is 0.368 e. The van der Waals surface area contributed by atoms with Gasteiger partial charge in [0, 0.05) is 17.9 Å². The van der Waals surface area contributed by atoms with Crippen LogP contribution in [0.25, 0.3) is 0 Å². The molecule has 1 amide bonds. The van der Waals surface area contributed by atoms with Gasteiger partial charge in [0.25, 0.3) is 5.91 Å². The predicted octanol–water partition coefficient (Wildman–Crippen LogP) is 2.38. The molecule has 1 N–H and O–H groups in total. The van der Waals surface area contributed by atoms with Crippen molar-refractivity contribution < 1.29 is 14.3 Å². The molecule has 0 bridgehead atoms. The van der Waals surface area contributed by atoms with Crippen LogP contribution in [-0.4, -0.2) is 29.7 Å². The zero-order valence-corrected chi connectivity index (χ0v) is 11.4. The van der Waals surface area contributed by atoms with Crippen molar-refractivity contribution in [2.45, 2.75) is 18.9 Å². The van der Waals surface area contributed by atoms with E-state index in [-0.39, 0.29) is 17.8 Å². The van der Waals surface area contributed by atoms with Gasteiger partial charge >= 0.3 is 0 Å². The third-order valence-corrected chi connectivity index (χ3v) is 3.33. The van der Waals surface area contributed by atoms with Gasteiger partial charge in [0.1, 0.15) is 6.10 Å². The molecule has 0 radical (unpaired) electrons. The van der Waals surface area contributed by atoms with Crippen molar-refractivity contribution in [3.05, 3.63) is 29.8 Å². The number of ether oxygens (including phenoxy) is 1. The quantitative estimate of drug-likeness (QED) is 0.686. The minimum atomic E-state index is -0.339. The molecule has 1 fully saturated rings. The summed E-state index contributed by atoms with van der Waals surface area (Å²) in [6, 6.07) is 6.86. The Kier molecular flexibility index (Phi) is 4.49. The van der Waals surface area contributed by atoms with Gasteiger partial charge < -0.3 is 10.1 Å². The molecule has 0 aliphatic carbocycles. The summed E-state index contributed by atoms with van der Waals surface area (Å²) >= 11 is 3.12. The summed E-state index contributed by atoms with van der Waals surface area (Å²) < 4.78 is 5.29. The third kappa shape index (κ3) is 3.17. The first kappa shape index (κ1) is 13.2. The summed E-state index contributed by atoms with van der Waals surface area (Å²) in [5, 5.41) is 3.08. The topological polar surface area (TPSA) is 55.4 Å². The molecule has 0 saturated carbocycles. The second-order valence-electron chi connectivity index (χ2n) is 4.13. The molecule has 1 atom stereocenters. The summed E-state index contributed by atoms with van der Waals surface area (Å²) in [6.45, 7) is 0.650. The highest BCUT2D eigenvalue weighted by molar-refractivity contribution is 9.09. The summed E-state index contributed by atoms with van der Waals surface area (Å²) in [4.78, 5) is 23.2. The minimum Gasteiger partial charge on any atom is -0.368 e.